The van der Waals surface area contributed by atoms with Crippen molar-refractivity contribution >= 4 is 36.0 Å². The lowest BCUT2D eigenvalue weighted by molar-refractivity contribution is -0.131. The van der Waals surface area contributed by atoms with E-state index in [1.165, 1.54) is 11.8 Å². The number of methoxy groups -OCH3 is 1. The molecule has 1 atom stereocenters. The minimum Gasteiger partial charge on any atom is -0.496 e. The Morgan fingerprint density at radius 3 is 2.83 bits per heavy atom. The van der Waals surface area contributed by atoms with Gasteiger partial charge in [-0.3, -0.25) is 9.59 Å². The summed E-state index contributed by atoms with van der Waals surface area (Å²) in [6, 6.07) is 7.67. The lowest BCUT2D eigenvalue weighted by Gasteiger charge is -2.37. The van der Waals surface area contributed by atoms with Crippen molar-refractivity contribution in [1.29, 1.82) is 0 Å². The van der Waals surface area contributed by atoms with Crippen LogP contribution < -0.4 is 15.8 Å². The van der Waals surface area contributed by atoms with E-state index in [0.717, 1.165) is 17.9 Å². The first-order valence-corrected chi connectivity index (χ1v) is 8.28. The molecule has 1 fully saturated rings. The van der Waals surface area contributed by atoms with Gasteiger partial charge < -0.3 is 20.7 Å². The van der Waals surface area contributed by atoms with E-state index in [0.29, 0.717) is 13.1 Å². The number of benzene rings is 1. The second-order valence-electron chi connectivity index (χ2n) is 5.01. The van der Waals surface area contributed by atoms with Crippen molar-refractivity contribution in [3.63, 3.8) is 0 Å². The van der Waals surface area contributed by atoms with Crippen molar-refractivity contribution in [2.75, 3.05) is 38.2 Å². The highest BCUT2D eigenvalue weighted by Crippen LogP contribution is 2.30. The number of carbonyl (C=O) groups is 2. The van der Waals surface area contributed by atoms with Crippen LogP contribution in [0.4, 0.5) is 0 Å². The zero-order valence-electron chi connectivity index (χ0n) is 13.0. The summed E-state index contributed by atoms with van der Waals surface area (Å²) in [4.78, 5) is 25.1. The molecule has 0 saturated carbocycles. The van der Waals surface area contributed by atoms with Gasteiger partial charge in [0, 0.05) is 25.2 Å². The molecular formula is C15H22ClN3O3S. The van der Waals surface area contributed by atoms with E-state index < -0.39 is 5.91 Å². The number of carbonyl (C=O) groups excluding carboxylic acids is 2. The monoisotopic (exact) mass is 359 g/mol. The second-order valence-corrected chi connectivity index (χ2v) is 5.99. The Bertz CT molecular complexity index is 544. The highest BCUT2D eigenvalue weighted by Gasteiger charge is 2.29. The van der Waals surface area contributed by atoms with Gasteiger partial charge in [0.2, 0.25) is 11.8 Å². The van der Waals surface area contributed by atoms with Crippen molar-refractivity contribution in [2.45, 2.75) is 6.04 Å². The molecule has 3 N–H and O–H groups in total. The van der Waals surface area contributed by atoms with E-state index in [2.05, 4.69) is 5.32 Å². The topological polar surface area (TPSA) is 84.7 Å². The molecule has 0 bridgehead atoms. The Morgan fingerprint density at radius 2 is 2.13 bits per heavy atom. The highest BCUT2D eigenvalue weighted by molar-refractivity contribution is 8.00. The Hall–Kier alpha value is -1.44. The van der Waals surface area contributed by atoms with Crippen molar-refractivity contribution < 1.29 is 14.3 Å². The number of nitrogens with two attached hydrogens (primary N) is 1. The average molecular weight is 360 g/mol. The first-order chi connectivity index (χ1) is 10.6. The first kappa shape index (κ1) is 19.6. The number of hydrogen-bond donors (Lipinski definition) is 2. The Kier molecular flexibility index (Phi) is 8.22. The minimum absolute atomic E-state index is 0. The van der Waals surface area contributed by atoms with Gasteiger partial charge in [-0.05, 0) is 6.07 Å². The number of hydrogen-bond acceptors (Lipinski definition) is 5. The maximum absolute atomic E-state index is 12.4. The van der Waals surface area contributed by atoms with Gasteiger partial charge in [0.1, 0.15) is 5.75 Å². The molecule has 1 aromatic rings. The molecule has 0 radical (unpaired) electrons. The van der Waals surface area contributed by atoms with E-state index in [4.69, 9.17) is 10.5 Å². The summed E-state index contributed by atoms with van der Waals surface area (Å²) in [5, 5.41) is 3.31. The molecule has 128 valence electrons. The molecule has 6 nitrogen and oxygen atoms in total. The normalized spacial score (nSPS) is 17.3. The maximum Gasteiger partial charge on any atom is 0.233 e. The summed E-state index contributed by atoms with van der Waals surface area (Å²) in [5.41, 5.74) is 6.09. The molecule has 1 saturated heterocycles. The Balaban J connectivity index is 0.00000264. The predicted octanol–water partition coefficient (Wildman–Crippen LogP) is 0.808. The third kappa shape index (κ3) is 5.30. The molecule has 2 rings (SSSR count). The van der Waals surface area contributed by atoms with E-state index in [-0.39, 0.29) is 35.9 Å². The largest absolute Gasteiger partial charge is 0.496 e. The minimum atomic E-state index is -0.403. The summed E-state index contributed by atoms with van der Waals surface area (Å²) in [7, 11) is 1.63. The number of nitrogens with zero attached hydrogens (tertiary/aromatic N) is 1. The van der Waals surface area contributed by atoms with Crippen LogP contribution >= 0.6 is 24.2 Å². The third-order valence-electron chi connectivity index (χ3n) is 3.53. The van der Waals surface area contributed by atoms with Crippen molar-refractivity contribution in [3.8, 4) is 5.75 Å². The number of halogens is 1. The molecular weight excluding hydrogens is 338 g/mol. The number of ether oxygens (including phenoxy) is 1. The summed E-state index contributed by atoms with van der Waals surface area (Å²) >= 11 is 1.25. The van der Waals surface area contributed by atoms with Crippen molar-refractivity contribution in [3.05, 3.63) is 29.8 Å². The number of rotatable bonds is 6. The van der Waals surface area contributed by atoms with Gasteiger partial charge in [0.25, 0.3) is 0 Å². The van der Waals surface area contributed by atoms with Gasteiger partial charge in [-0.15, -0.1) is 24.2 Å². The molecule has 0 aromatic heterocycles. The SMILES string of the molecule is COc1ccccc1C1CNCCN1C(=O)CSCC(N)=O.Cl. The molecule has 8 heteroatoms. The van der Waals surface area contributed by atoms with Crippen LogP contribution in [-0.2, 0) is 9.59 Å². The molecule has 0 aliphatic carbocycles. The molecule has 1 aliphatic rings. The molecule has 2 amide bonds. The molecule has 0 spiro atoms. The average Bonchev–Trinajstić information content (AvgIpc) is 2.54. The maximum atomic E-state index is 12.4. The zero-order valence-corrected chi connectivity index (χ0v) is 14.6. The van der Waals surface area contributed by atoms with E-state index >= 15 is 0 Å². The van der Waals surface area contributed by atoms with Crippen LogP contribution in [0.2, 0.25) is 0 Å². The summed E-state index contributed by atoms with van der Waals surface area (Å²) in [6.45, 7) is 2.09. The summed E-state index contributed by atoms with van der Waals surface area (Å²) < 4.78 is 5.41. The molecule has 1 aliphatic heterocycles. The standard InChI is InChI=1S/C15H21N3O3S.ClH/c1-21-13-5-3-2-4-11(13)12-8-17-6-7-18(12)15(20)10-22-9-14(16)19;/h2-5,12,17H,6-10H2,1H3,(H2,16,19);1H. The van der Waals surface area contributed by atoms with Gasteiger partial charge in [-0.1, -0.05) is 18.2 Å². The van der Waals surface area contributed by atoms with Crippen LogP contribution in [0.1, 0.15) is 11.6 Å². The fourth-order valence-corrected chi connectivity index (χ4v) is 3.19. The van der Waals surface area contributed by atoms with Gasteiger partial charge >= 0.3 is 0 Å². The van der Waals surface area contributed by atoms with Crippen LogP contribution in [0.5, 0.6) is 5.75 Å². The van der Waals surface area contributed by atoms with E-state index in [1.54, 1.807) is 7.11 Å². The van der Waals surface area contributed by atoms with E-state index in [1.807, 2.05) is 29.2 Å². The number of amides is 2. The second kappa shape index (κ2) is 9.64. The number of thioether (sulfide) groups is 1. The predicted molar refractivity (Wildman–Crippen MR) is 94.1 cm³/mol. The molecule has 1 aromatic carbocycles. The van der Waals surface area contributed by atoms with Crippen LogP contribution in [0.15, 0.2) is 24.3 Å². The smallest absolute Gasteiger partial charge is 0.233 e. The zero-order chi connectivity index (χ0) is 15.9. The van der Waals surface area contributed by atoms with Crippen LogP contribution in [0.3, 0.4) is 0 Å². The first-order valence-electron chi connectivity index (χ1n) is 7.12. The number of piperazine rings is 1. The highest BCUT2D eigenvalue weighted by atomic mass is 35.5. The Labute approximate surface area is 146 Å². The fourth-order valence-electron chi connectivity index (χ4n) is 2.54. The van der Waals surface area contributed by atoms with Gasteiger partial charge in [0.15, 0.2) is 0 Å². The Morgan fingerprint density at radius 1 is 1.39 bits per heavy atom. The quantitative estimate of drug-likeness (QED) is 0.785. The van der Waals surface area contributed by atoms with E-state index in [9.17, 15) is 9.59 Å². The molecule has 1 unspecified atom stereocenters. The van der Waals surface area contributed by atoms with Gasteiger partial charge in [-0.25, -0.2) is 0 Å². The van der Waals surface area contributed by atoms with Gasteiger partial charge in [0.05, 0.1) is 24.7 Å². The number of para-hydroxylation sites is 1. The van der Waals surface area contributed by atoms with Crippen LogP contribution in [0, 0.1) is 0 Å². The lowest BCUT2D eigenvalue weighted by atomic mass is 10.0. The number of nitrogens with one attached hydrogen (secondary N) is 1. The van der Waals surface area contributed by atoms with Crippen molar-refractivity contribution in [2.24, 2.45) is 5.73 Å². The summed E-state index contributed by atoms with van der Waals surface area (Å²) in [5.74, 6) is 0.813. The fraction of sp³-hybridized carbons (Fsp3) is 0.467. The van der Waals surface area contributed by atoms with Gasteiger partial charge in [-0.2, -0.15) is 0 Å². The van der Waals surface area contributed by atoms with Crippen LogP contribution in [0.25, 0.3) is 0 Å². The van der Waals surface area contributed by atoms with Crippen LogP contribution in [-0.4, -0.2) is 55.0 Å². The molecule has 1 heterocycles. The molecule has 23 heavy (non-hydrogen) atoms. The lowest BCUT2D eigenvalue weighted by Crippen LogP contribution is -2.49. The summed E-state index contributed by atoms with van der Waals surface area (Å²) in [6.07, 6.45) is 0. The third-order valence-corrected chi connectivity index (χ3v) is 4.47. The van der Waals surface area contributed by atoms with Crippen molar-refractivity contribution in [1.82, 2.24) is 10.2 Å². The number of primary amides is 1.